The largest absolute Gasteiger partial charge is 0.366 e. The monoisotopic (exact) mass is 364 g/mol. The number of hydrogen-bond donors (Lipinski definition) is 2. The lowest BCUT2D eigenvalue weighted by atomic mass is 10.1. The van der Waals surface area contributed by atoms with Crippen molar-refractivity contribution in [3.05, 3.63) is 48.4 Å². The second-order valence-corrected chi connectivity index (χ2v) is 6.97. The summed E-state index contributed by atoms with van der Waals surface area (Å²) in [7, 11) is 3.82. The summed E-state index contributed by atoms with van der Waals surface area (Å²) < 4.78 is 0. The lowest BCUT2D eigenvalue weighted by Gasteiger charge is -2.31. The van der Waals surface area contributed by atoms with Crippen LogP contribution in [0.25, 0.3) is 10.9 Å². The predicted molar refractivity (Wildman–Crippen MR) is 107 cm³/mol. The van der Waals surface area contributed by atoms with Crippen molar-refractivity contribution in [3.63, 3.8) is 0 Å². The van der Waals surface area contributed by atoms with Crippen LogP contribution in [-0.4, -0.2) is 54.1 Å². The van der Waals surface area contributed by atoms with Crippen LogP contribution in [0.1, 0.15) is 23.2 Å². The molecule has 3 heterocycles. The van der Waals surface area contributed by atoms with E-state index in [9.17, 15) is 4.79 Å². The molecule has 1 fully saturated rings. The summed E-state index contributed by atoms with van der Waals surface area (Å²) in [5, 5.41) is 4.25. The smallest absolute Gasteiger partial charge is 0.258 e. The van der Waals surface area contributed by atoms with E-state index >= 15 is 0 Å². The summed E-state index contributed by atoms with van der Waals surface area (Å²) in [4.78, 5) is 28.7. The lowest BCUT2D eigenvalue weighted by molar-refractivity contribution is 0.0993. The van der Waals surface area contributed by atoms with Crippen molar-refractivity contribution in [3.8, 4) is 0 Å². The fourth-order valence-electron chi connectivity index (χ4n) is 3.52. The quantitative estimate of drug-likeness (QED) is 0.743. The SMILES string of the molecule is CN(C(=O)c1ccc2nc(N(C)C3CCNCC3)ncc2c1)c1cc[nH]c1. The second kappa shape index (κ2) is 7.36. The Hall–Kier alpha value is -2.93. The molecular weight excluding hydrogens is 340 g/mol. The number of carbonyl (C=O) groups is 1. The van der Waals surface area contributed by atoms with Gasteiger partial charge >= 0.3 is 0 Å². The number of amides is 1. The maximum atomic E-state index is 12.7. The number of hydrogen-bond acceptors (Lipinski definition) is 5. The zero-order valence-electron chi connectivity index (χ0n) is 15.6. The molecule has 7 heteroatoms. The Balaban J connectivity index is 1.57. The topological polar surface area (TPSA) is 77.2 Å². The average molecular weight is 364 g/mol. The Morgan fingerprint density at radius 2 is 2.00 bits per heavy atom. The zero-order valence-corrected chi connectivity index (χ0v) is 15.6. The van der Waals surface area contributed by atoms with Gasteiger partial charge in [-0.05, 0) is 50.2 Å². The van der Waals surface area contributed by atoms with Crippen molar-refractivity contribution in [1.82, 2.24) is 20.3 Å². The molecule has 0 saturated carbocycles. The van der Waals surface area contributed by atoms with Gasteiger partial charge in [-0.1, -0.05) is 0 Å². The average Bonchev–Trinajstić information content (AvgIpc) is 3.27. The maximum absolute atomic E-state index is 12.7. The highest BCUT2D eigenvalue weighted by Crippen LogP contribution is 2.21. The number of nitrogens with zero attached hydrogens (tertiary/aromatic N) is 4. The molecule has 0 radical (unpaired) electrons. The third-order valence-electron chi connectivity index (χ3n) is 5.26. The van der Waals surface area contributed by atoms with Crippen LogP contribution in [-0.2, 0) is 0 Å². The maximum Gasteiger partial charge on any atom is 0.258 e. The summed E-state index contributed by atoms with van der Waals surface area (Å²) >= 11 is 0. The van der Waals surface area contributed by atoms with Crippen molar-refractivity contribution < 1.29 is 4.79 Å². The van der Waals surface area contributed by atoms with Gasteiger partial charge in [0.2, 0.25) is 5.95 Å². The Kier molecular flexibility index (Phi) is 4.77. The van der Waals surface area contributed by atoms with Gasteiger partial charge in [0.25, 0.3) is 5.91 Å². The first kappa shape index (κ1) is 17.5. The van der Waals surface area contributed by atoms with Crippen LogP contribution in [0, 0.1) is 0 Å². The van der Waals surface area contributed by atoms with E-state index in [0.717, 1.165) is 48.5 Å². The van der Waals surface area contributed by atoms with Crippen LogP contribution in [0.2, 0.25) is 0 Å². The van der Waals surface area contributed by atoms with E-state index in [4.69, 9.17) is 4.98 Å². The summed E-state index contributed by atoms with van der Waals surface area (Å²) in [6.45, 7) is 2.06. The van der Waals surface area contributed by atoms with Crippen molar-refractivity contribution in [2.75, 3.05) is 37.0 Å². The molecule has 1 aromatic carbocycles. The van der Waals surface area contributed by atoms with E-state index in [1.165, 1.54) is 0 Å². The van der Waals surface area contributed by atoms with Crippen LogP contribution >= 0.6 is 0 Å². The van der Waals surface area contributed by atoms with Gasteiger partial charge < -0.3 is 20.1 Å². The van der Waals surface area contributed by atoms with Gasteiger partial charge in [0.1, 0.15) is 0 Å². The minimum absolute atomic E-state index is 0.0626. The second-order valence-electron chi connectivity index (χ2n) is 6.97. The number of aromatic amines is 1. The van der Waals surface area contributed by atoms with Gasteiger partial charge in [0.15, 0.2) is 0 Å². The molecular formula is C20H24N6O. The van der Waals surface area contributed by atoms with Crippen LogP contribution in [0.4, 0.5) is 11.6 Å². The van der Waals surface area contributed by atoms with Crippen LogP contribution in [0.3, 0.4) is 0 Å². The van der Waals surface area contributed by atoms with E-state index in [1.807, 2.05) is 30.5 Å². The van der Waals surface area contributed by atoms with E-state index in [1.54, 1.807) is 24.3 Å². The molecule has 0 spiro atoms. The van der Waals surface area contributed by atoms with Crippen LogP contribution in [0.15, 0.2) is 42.9 Å². The lowest BCUT2D eigenvalue weighted by Crippen LogP contribution is -2.41. The summed E-state index contributed by atoms with van der Waals surface area (Å²) in [5.74, 6) is 0.672. The molecule has 1 aliphatic rings. The van der Waals surface area contributed by atoms with Crippen molar-refractivity contribution in [2.45, 2.75) is 18.9 Å². The normalized spacial score (nSPS) is 15.0. The zero-order chi connectivity index (χ0) is 18.8. The molecule has 2 N–H and O–H groups in total. The Morgan fingerprint density at radius 1 is 1.19 bits per heavy atom. The number of piperidine rings is 1. The molecule has 1 saturated heterocycles. The fourth-order valence-corrected chi connectivity index (χ4v) is 3.52. The summed E-state index contributed by atoms with van der Waals surface area (Å²) in [6, 6.07) is 7.91. The first-order valence-corrected chi connectivity index (χ1v) is 9.24. The molecule has 4 rings (SSSR count). The number of benzene rings is 1. The highest BCUT2D eigenvalue weighted by Gasteiger charge is 2.20. The number of anilines is 2. The van der Waals surface area contributed by atoms with Gasteiger partial charge in [-0.25, -0.2) is 9.97 Å². The fraction of sp³-hybridized carbons (Fsp3) is 0.350. The first-order chi connectivity index (χ1) is 13.1. The van der Waals surface area contributed by atoms with Gasteiger partial charge in [0, 0.05) is 49.7 Å². The Labute approximate surface area is 158 Å². The molecule has 1 amide bonds. The van der Waals surface area contributed by atoms with Crippen molar-refractivity contribution >= 4 is 28.4 Å². The molecule has 0 aliphatic carbocycles. The highest BCUT2D eigenvalue weighted by atomic mass is 16.2. The first-order valence-electron chi connectivity index (χ1n) is 9.24. The molecule has 3 aromatic rings. The number of H-pyrrole nitrogens is 1. The number of nitrogens with one attached hydrogen (secondary N) is 2. The molecule has 0 unspecified atom stereocenters. The van der Waals surface area contributed by atoms with Crippen molar-refractivity contribution in [1.29, 1.82) is 0 Å². The van der Waals surface area contributed by atoms with Gasteiger partial charge in [0.05, 0.1) is 11.2 Å². The molecule has 27 heavy (non-hydrogen) atoms. The number of rotatable bonds is 4. The molecule has 0 bridgehead atoms. The van der Waals surface area contributed by atoms with E-state index in [2.05, 4.69) is 27.2 Å². The van der Waals surface area contributed by atoms with Gasteiger partial charge in [-0.2, -0.15) is 0 Å². The van der Waals surface area contributed by atoms with Gasteiger partial charge in [-0.3, -0.25) is 4.79 Å². The summed E-state index contributed by atoms with van der Waals surface area (Å²) in [5.41, 5.74) is 2.30. The highest BCUT2D eigenvalue weighted by molar-refractivity contribution is 6.07. The van der Waals surface area contributed by atoms with Crippen molar-refractivity contribution in [2.24, 2.45) is 0 Å². The van der Waals surface area contributed by atoms with Gasteiger partial charge in [-0.15, -0.1) is 0 Å². The molecule has 0 atom stereocenters. The summed E-state index contributed by atoms with van der Waals surface area (Å²) in [6.07, 6.45) is 7.59. The minimum Gasteiger partial charge on any atom is -0.366 e. The van der Waals surface area contributed by atoms with Crippen LogP contribution in [0.5, 0.6) is 0 Å². The van der Waals surface area contributed by atoms with E-state index in [0.29, 0.717) is 11.6 Å². The Bertz CT molecular complexity index is 933. The Morgan fingerprint density at radius 3 is 2.74 bits per heavy atom. The number of carbonyl (C=O) groups excluding carboxylic acids is 1. The standard InChI is InChI=1S/C20H24N6O/c1-25(17-7-10-22-13-17)19(27)14-3-4-18-15(11-14)12-23-20(24-18)26(2)16-5-8-21-9-6-16/h3-4,7,10-13,16,21-22H,5-6,8-9H2,1-2H3. The molecule has 1 aliphatic heterocycles. The molecule has 140 valence electrons. The number of aromatic nitrogens is 3. The van der Waals surface area contributed by atoms with E-state index < -0.39 is 0 Å². The number of fused-ring (bicyclic) bond motifs is 1. The molecule has 2 aromatic heterocycles. The van der Waals surface area contributed by atoms with Crippen LogP contribution < -0.4 is 15.1 Å². The molecule has 7 nitrogen and oxygen atoms in total. The van der Waals surface area contributed by atoms with E-state index in [-0.39, 0.29) is 5.91 Å². The third kappa shape index (κ3) is 3.50. The third-order valence-corrected chi connectivity index (χ3v) is 5.26. The minimum atomic E-state index is -0.0626. The predicted octanol–water partition coefficient (Wildman–Crippen LogP) is 2.42.